The molecule has 0 radical (unpaired) electrons. The molecule has 0 saturated heterocycles. The van der Waals surface area contributed by atoms with Gasteiger partial charge < -0.3 is 0 Å². The monoisotopic (exact) mass is 332 g/mol. The van der Waals surface area contributed by atoms with Gasteiger partial charge in [-0.1, -0.05) is 11.6 Å². The maximum atomic E-state index is 11.7. The van der Waals surface area contributed by atoms with Gasteiger partial charge in [0.2, 0.25) is 18.1 Å². The van der Waals surface area contributed by atoms with Crippen LogP contribution >= 0.6 is 21.4 Å². The van der Waals surface area contributed by atoms with Crippen LogP contribution in [0.2, 0.25) is 0 Å². The highest BCUT2D eigenvalue weighted by molar-refractivity contribution is 8.18. The van der Waals surface area contributed by atoms with Crippen molar-refractivity contribution in [3.8, 4) is 0 Å². The van der Waals surface area contributed by atoms with E-state index in [4.69, 9.17) is 21.4 Å². The number of hydrogen-bond acceptors (Lipinski definition) is 4. The first-order valence-corrected chi connectivity index (χ1v) is 9.75. The molecule has 0 fully saturated rings. The van der Waals surface area contributed by atoms with E-state index in [-0.39, 0.29) is 0 Å². The average molecular weight is 333 g/mol. The van der Waals surface area contributed by atoms with E-state index in [1.54, 1.807) is 20.8 Å². The molecule has 104 valence electrons. The molecule has 0 N–H and O–H groups in total. The summed E-state index contributed by atoms with van der Waals surface area (Å²) in [7, 11) is 2.55. The van der Waals surface area contributed by atoms with E-state index in [1.165, 1.54) is 13.0 Å². The second-order valence-corrected chi connectivity index (χ2v) is 10.3. The zero-order valence-corrected chi connectivity index (χ0v) is 13.5. The first kappa shape index (κ1) is 16.0. The quantitative estimate of drug-likeness (QED) is 0.728. The molecule has 0 saturated carbocycles. The van der Waals surface area contributed by atoms with Gasteiger partial charge in [0.15, 0.2) is 0 Å². The summed E-state index contributed by atoms with van der Waals surface area (Å²) < 4.78 is 45.1. The van der Waals surface area contributed by atoms with Crippen LogP contribution in [0.4, 0.5) is 0 Å². The maximum Gasteiger partial charge on any atom is 0.243 e. The van der Waals surface area contributed by atoms with Crippen molar-refractivity contribution in [3.05, 3.63) is 22.8 Å². The second-order valence-electron chi connectivity index (χ2n) is 4.61. The van der Waals surface area contributed by atoms with Crippen LogP contribution in [-0.2, 0) is 18.1 Å². The highest BCUT2D eigenvalue weighted by Crippen LogP contribution is 2.43. The summed E-state index contributed by atoms with van der Waals surface area (Å²) in [6, 6.07) is 0. The Morgan fingerprint density at radius 1 is 1.11 bits per heavy atom. The van der Waals surface area contributed by atoms with Crippen LogP contribution in [0, 0.1) is 0 Å². The van der Waals surface area contributed by atoms with E-state index in [1.807, 2.05) is 0 Å². The Bertz CT molecular complexity index is 643. The molecule has 4 nitrogen and oxygen atoms in total. The first-order valence-electron chi connectivity index (χ1n) is 5.07. The van der Waals surface area contributed by atoms with Gasteiger partial charge in [-0.25, -0.2) is 16.8 Å². The molecule has 0 aromatic carbocycles. The smallest absolute Gasteiger partial charge is 0.212 e. The highest BCUT2D eigenvalue weighted by Gasteiger charge is 2.52. The molecule has 0 unspecified atom stereocenters. The predicted octanol–water partition coefficient (Wildman–Crippen LogP) is 2.55. The molecule has 18 heavy (non-hydrogen) atoms. The Hall–Kier alpha value is -0.0400. The fourth-order valence-electron chi connectivity index (χ4n) is 2.24. The van der Waals surface area contributed by atoms with Crippen LogP contribution in [-0.4, -0.2) is 26.8 Å². The second kappa shape index (κ2) is 4.51. The third kappa shape index (κ3) is 2.48. The van der Waals surface area contributed by atoms with E-state index in [2.05, 4.69) is 0 Å². The molecule has 0 aromatic heterocycles. The Morgan fingerprint density at radius 2 is 1.56 bits per heavy atom. The molecule has 0 spiro atoms. The molecular formula is C10H14Cl2O4S2. The van der Waals surface area contributed by atoms with Crippen LogP contribution in [0.3, 0.4) is 0 Å². The van der Waals surface area contributed by atoms with Crippen molar-refractivity contribution in [2.75, 3.05) is 0 Å². The van der Waals surface area contributed by atoms with Crippen molar-refractivity contribution < 1.29 is 16.8 Å². The van der Waals surface area contributed by atoms with Crippen LogP contribution in [0.5, 0.6) is 0 Å². The average Bonchev–Trinajstić information content (AvgIpc) is 2.10. The molecule has 1 aliphatic carbocycles. The van der Waals surface area contributed by atoms with Crippen LogP contribution in [0.1, 0.15) is 27.7 Å². The fraction of sp³-hybridized carbons (Fsp3) is 0.600. The lowest BCUT2D eigenvalue weighted by molar-refractivity contribution is 0.555. The summed E-state index contributed by atoms with van der Waals surface area (Å²) >= 11 is 0. The molecule has 2 atom stereocenters. The van der Waals surface area contributed by atoms with E-state index in [9.17, 15) is 16.8 Å². The van der Waals surface area contributed by atoms with Gasteiger partial charge in [-0.05, 0) is 38.8 Å². The van der Waals surface area contributed by atoms with Crippen molar-refractivity contribution in [2.24, 2.45) is 0 Å². The van der Waals surface area contributed by atoms with Crippen LogP contribution < -0.4 is 0 Å². The SMILES string of the molecule is CC1=C[C@@](C)(S(=O)(=O)Cl)[C@@H](S(=O)(=O)Cl)C(C)=C1C. The number of hydrogen-bond donors (Lipinski definition) is 0. The van der Waals surface area contributed by atoms with Crippen molar-refractivity contribution in [2.45, 2.75) is 37.7 Å². The maximum absolute atomic E-state index is 11.7. The van der Waals surface area contributed by atoms with Crippen molar-refractivity contribution in [1.29, 1.82) is 0 Å². The van der Waals surface area contributed by atoms with Gasteiger partial charge in [0.25, 0.3) is 0 Å². The van der Waals surface area contributed by atoms with Gasteiger partial charge in [0.05, 0.1) is 0 Å². The summed E-state index contributed by atoms with van der Waals surface area (Å²) in [6.45, 7) is 6.24. The standard InChI is InChI=1S/C10H14Cl2O4S2/c1-6-5-10(4,18(12,15)16)9(17(11,13)14)8(3)7(6)2/h5,9H,1-4H3/t9-,10+/m0/s1. The van der Waals surface area contributed by atoms with E-state index in [0.29, 0.717) is 16.7 Å². The van der Waals surface area contributed by atoms with Gasteiger partial charge in [0, 0.05) is 21.4 Å². The summed E-state index contributed by atoms with van der Waals surface area (Å²) in [4.78, 5) is 0. The number of allylic oxidation sites excluding steroid dienone is 2. The van der Waals surface area contributed by atoms with Gasteiger partial charge >= 0.3 is 0 Å². The Kier molecular flexibility index (Phi) is 4.01. The lowest BCUT2D eigenvalue weighted by atomic mass is 9.86. The molecule has 1 aliphatic rings. The topological polar surface area (TPSA) is 68.3 Å². The Labute approximate surface area is 117 Å². The molecule has 0 bridgehead atoms. The van der Waals surface area contributed by atoms with E-state index < -0.39 is 28.1 Å². The molecule has 1 rings (SSSR count). The molecule has 0 heterocycles. The molecule has 8 heteroatoms. The third-order valence-electron chi connectivity index (χ3n) is 3.41. The first-order chi connectivity index (χ1) is 7.82. The van der Waals surface area contributed by atoms with Gasteiger partial charge in [-0.15, -0.1) is 0 Å². The van der Waals surface area contributed by atoms with Crippen molar-refractivity contribution in [1.82, 2.24) is 0 Å². The lowest BCUT2D eigenvalue weighted by Gasteiger charge is -2.35. The molecule has 0 aliphatic heterocycles. The summed E-state index contributed by atoms with van der Waals surface area (Å²) in [5.41, 5.74) is 1.79. The van der Waals surface area contributed by atoms with Crippen molar-refractivity contribution >= 4 is 39.5 Å². The predicted molar refractivity (Wildman–Crippen MR) is 73.9 cm³/mol. The van der Waals surface area contributed by atoms with Gasteiger partial charge in [0.1, 0.15) is 10.00 Å². The molecule has 0 amide bonds. The fourth-order valence-corrected chi connectivity index (χ4v) is 6.65. The summed E-state index contributed by atoms with van der Waals surface area (Å²) in [5.74, 6) is 0. The van der Waals surface area contributed by atoms with E-state index in [0.717, 1.165) is 0 Å². The minimum Gasteiger partial charge on any atom is -0.212 e. The number of halogens is 2. The minimum absolute atomic E-state index is 0.400. The van der Waals surface area contributed by atoms with Gasteiger partial charge in [-0.3, -0.25) is 0 Å². The van der Waals surface area contributed by atoms with Crippen molar-refractivity contribution in [3.63, 3.8) is 0 Å². The highest BCUT2D eigenvalue weighted by atomic mass is 35.7. The van der Waals surface area contributed by atoms with Gasteiger partial charge in [-0.2, -0.15) is 0 Å². The summed E-state index contributed by atoms with van der Waals surface area (Å²) in [5, 5.41) is -1.38. The lowest BCUT2D eigenvalue weighted by Crippen LogP contribution is -2.48. The minimum atomic E-state index is -4.15. The Morgan fingerprint density at radius 3 is 1.89 bits per heavy atom. The zero-order valence-electron chi connectivity index (χ0n) is 10.4. The zero-order chi connectivity index (χ0) is 14.5. The molecular weight excluding hydrogens is 319 g/mol. The third-order valence-corrected chi connectivity index (χ3v) is 7.90. The van der Waals surface area contributed by atoms with Crippen LogP contribution in [0.25, 0.3) is 0 Å². The number of rotatable bonds is 2. The van der Waals surface area contributed by atoms with Crippen LogP contribution in [0.15, 0.2) is 22.8 Å². The van der Waals surface area contributed by atoms with E-state index >= 15 is 0 Å². The normalized spacial score (nSPS) is 30.3. The largest absolute Gasteiger partial charge is 0.243 e. The Balaban J connectivity index is 3.74. The summed E-state index contributed by atoms with van der Waals surface area (Å²) in [6.07, 6.45) is 1.35. The molecule has 0 aromatic rings.